The SMILES string of the molecule is Cn1c(C(=O)N2CC(F)(F)C2)cc2ccc(-c3nccc(N(Cc4cc(Nc5ccc(-c6cn[nH]c6)cc5)nc(-c5ccc6nc(C(=O)N7CC(F)(F)C7)n(C)c6c5)n4)c4ccc(-c5cn[nH]c5)cn4)n3)cc21. The number of imidazole rings is 1. The molecule has 0 unspecified atom stereocenters. The Balaban J connectivity index is 0.924. The maximum Gasteiger partial charge on any atom is 0.290 e. The van der Waals surface area contributed by atoms with Gasteiger partial charge in [0.2, 0.25) is 0 Å². The minimum Gasteiger partial charge on any atom is -0.340 e. The largest absolute Gasteiger partial charge is 0.340 e. The molecule has 7 aromatic heterocycles. The van der Waals surface area contributed by atoms with Gasteiger partial charge in [-0.1, -0.05) is 24.3 Å². The summed E-state index contributed by atoms with van der Waals surface area (Å²) in [5, 5.41) is 18.0. The van der Waals surface area contributed by atoms with Crippen molar-refractivity contribution < 1.29 is 27.2 Å². The molecule has 18 nitrogen and oxygen atoms in total. The topological polar surface area (TPSA) is 200 Å². The van der Waals surface area contributed by atoms with Crippen molar-refractivity contribution in [1.29, 1.82) is 0 Å². The zero-order valence-electron chi connectivity index (χ0n) is 38.8. The monoisotopic (exact) mass is 984 g/mol. The Labute approximate surface area is 411 Å². The van der Waals surface area contributed by atoms with Crippen molar-refractivity contribution >= 4 is 56.9 Å². The van der Waals surface area contributed by atoms with Crippen molar-refractivity contribution in [3.63, 3.8) is 0 Å². The van der Waals surface area contributed by atoms with E-state index in [1.807, 2.05) is 77.8 Å². The fourth-order valence-electron chi connectivity index (χ4n) is 9.09. The van der Waals surface area contributed by atoms with Gasteiger partial charge in [0.25, 0.3) is 23.7 Å². The number of aromatic nitrogens is 12. The number of alkyl halides is 4. The Bertz CT molecular complexity index is 3730. The Morgan fingerprint density at radius 2 is 1.27 bits per heavy atom. The van der Waals surface area contributed by atoms with Crippen LogP contribution >= 0.6 is 0 Å². The highest BCUT2D eigenvalue weighted by Crippen LogP contribution is 2.35. The molecule has 12 rings (SSSR count). The smallest absolute Gasteiger partial charge is 0.290 e. The Morgan fingerprint density at radius 3 is 1.96 bits per heavy atom. The Morgan fingerprint density at radius 1 is 0.616 bits per heavy atom. The van der Waals surface area contributed by atoms with Crippen molar-refractivity contribution in [3.8, 4) is 45.0 Å². The zero-order chi connectivity index (χ0) is 50.2. The first kappa shape index (κ1) is 44.8. The first-order valence-corrected chi connectivity index (χ1v) is 22.9. The molecule has 0 spiro atoms. The molecule has 2 aliphatic rings. The van der Waals surface area contributed by atoms with E-state index < -0.39 is 49.8 Å². The maximum atomic E-state index is 13.8. The van der Waals surface area contributed by atoms with Crippen LogP contribution in [0.2, 0.25) is 0 Å². The number of hydrogen-bond acceptors (Lipinski definition) is 12. The summed E-state index contributed by atoms with van der Waals surface area (Å²) in [7, 11) is 3.38. The molecule has 2 aliphatic heterocycles. The number of hydrogen-bond donors (Lipinski definition) is 3. The quantitative estimate of drug-likeness (QED) is 0.0989. The number of H-pyrrole nitrogens is 2. The predicted octanol–water partition coefficient (Wildman–Crippen LogP) is 8.42. The lowest BCUT2D eigenvalue weighted by molar-refractivity contribution is -0.113. The number of fused-ring (bicyclic) bond motifs is 2. The molecule has 9 heterocycles. The summed E-state index contributed by atoms with van der Waals surface area (Å²) in [6, 6.07) is 27.7. The zero-order valence-corrected chi connectivity index (χ0v) is 38.8. The highest BCUT2D eigenvalue weighted by Gasteiger charge is 2.48. The van der Waals surface area contributed by atoms with E-state index in [1.54, 1.807) is 78.5 Å². The van der Waals surface area contributed by atoms with Gasteiger partial charge >= 0.3 is 0 Å². The molecule has 2 amide bonds. The highest BCUT2D eigenvalue weighted by atomic mass is 19.3. The van der Waals surface area contributed by atoms with Gasteiger partial charge < -0.3 is 29.2 Å². The Kier molecular flexibility index (Phi) is 10.6. The number of rotatable bonds is 12. The minimum absolute atomic E-state index is 0.0324. The normalized spacial score (nSPS) is 14.8. The lowest BCUT2D eigenvalue weighted by Crippen LogP contribution is -2.58. The number of benzene rings is 3. The molecule has 2 fully saturated rings. The molecule has 3 aromatic carbocycles. The van der Waals surface area contributed by atoms with E-state index in [4.69, 9.17) is 19.9 Å². The second kappa shape index (κ2) is 17.2. The molecule has 3 N–H and O–H groups in total. The lowest BCUT2D eigenvalue weighted by Gasteiger charge is -2.38. The number of likely N-dealkylation sites (tertiary alicyclic amines) is 2. The highest BCUT2D eigenvalue weighted by molar-refractivity contribution is 6.00. The average molecular weight is 985 g/mol. The molecule has 22 heteroatoms. The number of carbonyl (C=O) groups excluding carboxylic acids is 2. The van der Waals surface area contributed by atoms with Crippen LogP contribution in [-0.4, -0.2) is 119 Å². The van der Waals surface area contributed by atoms with Gasteiger partial charge in [-0.05, 0) is 66.2 Å². The molecule has 2 saturated heterocycles. The third kappa shape index (κ3) is 8.50. The number of anilines is 4. The summed E-state index contributed by atoms with van der Waals surface area (Å²) in [6.45, 7) is -2.46. The van der Waals surface area contributed by atoms with E-state index in [-0.39, 0.29) is 18.1 Å². The van der Waals surface area contributed by atoms with Gasteiger partial charge in [0.05, 0.1) is 61.8 Å². The van der Waals surface area contributed by atoms with Crippen molar-refractivity contribution in [2.75, 3.05) is 36.4 Å². The summed E-state index contributed by atoms with van der Waals surface area (Å²) < 4.78 is 58.2. The molecular weight excluding hydrogens is 945 g/mol. The minimum atomic E-state index is -2.93. The molecule has 0 radical (unpaired) electrons. The second-order valence-electron chi connectivity index (χ2n) is 18.1. The van der Waals surface area contributed by atoms with Crippen LogP contribution in [0.25, 0.3) is 67.0 Å². The van der Waals surface area contributed by atoms with E-state index in [9.17, 15) is 27.2 Å². The number of halogens is 4. The number of amides is 2. The van der Waals surface area contributed by atoms with Crippen LogP contribution in [0, 0.1) is 0 Å². The van der Waals surface area contributed by atoms with Crippen molar-refractivity contribution in [2.24, 2.45) is 14.1 Å². The van der Waals surface area contributed by atoms with Gasteiger partial charge in [-0.15, -0.1) is 0 Å². The van der Waals surface area contributed by atoms with Gasteiger partial charge in [0, 0.05) is 89.4 Å². The molecule has 364 valence electrons. The molecule has 0 saturated carbocycles. The molecule has 0 atom stereocenters. The van der Waals surface area contributed by atoms with Crippen LogP contribution in [0.15, 0.2) is 128 Å². The maximum absolute atomic E-state index is 13.8. The van der Waals surface area contributed by atoms with Gasteiger partial charge in [0.1, 0.15) is 23.1 Å². The van der Waals surface area contributed by atoms with Crippen LogP contribution in [0.5, 0.6) is 0 Å². The van der Waals surface area contributed by atoms with Gasteiger partial charge in [0.15, 0.2) is 17.5 Å². The standard InChI is InChI=1S/C51H40F4N16O2/c1-67-39-16-31(4-3-30(39)15-41(67)48(72)69-25-50(52,53)26-69)45-56-14-13-44(66-45)71(43-12-8-33(19-57-43)35-22-60-61-23-35)24-37-18-42(62-36-9-5-29(6-10-36)34-20-58-59-21-34)65-46(63-37)32-7-11-38-40(17-32)68(2)47(64-38)49(73)70-27-51(54,55)28-70/h3-23H,24-28H2,1-2H3,(H,58,59)(H,60,61)(H,62,63,65). The lowest BCUT2D eigenvalue weighted by atomic mass is 10.1. The van der Waals surface area contributed by atoms with E-state index in [0.717, 1.165) is 43.1 Å². The van der Waals surface area contributed by atoms with Crippen molar-refractivity contribution in [3.05, 3.63) is 145 Å². The van der Waals surface area contributed by atoms with E-state index in [0.29, 0.717) is 62.5 Å². The second-order valence-corrected chi connectivity index (χ2v) is 18.1. The fourth-order valence-corrected chi connectivity index (χ4v) is 9.09. The third-order valence-corrected chi connectivity index (χ3v) is 13.0. The van der Waals surface area contributed by atoms with Crippen molar-refractivity contribution in [1.82, 2.24) is 69.2 Å². The summed E-state index contributed by atoms with van der Waals surface area (Å²) in [4.78, 5) is 59.8. The van der Waals surface area contributed by atoms with Gasteiger partial charge in [-0.3, -0.25) is 19.8 Å². The molecule has 10 aromatic rings. The summed E-state index contributed by atoms with van der Waals surface area (Å²) in [6.07, 6.45) is 10.4. The van der Waals surface area contributed by atoms with Gasteiger partial charge in [-0.2, -0.15) is 10.2 Å². The number of pyridine rings is 1. The number of carbonyl (C=O) groups is 2. The summed E-state index contributed by atoms with van der Waals surface area (Å²) in [5.74, 6) is -4.71. The van der Waals surface area contributed by atoms with Crippen LogP contribution < -0.4 is 10.2 Å². The number of aromatic amines is 2. The number of aryl methyl sites for hydroxylation is 2. The van der Waals surface area contributed by atoms with E-state index in [2.05, 4.69) is 35.7 Å². The summed E-state index contributed by atoms with van der Waals surface area (Å²) >= 11 is 0. The Hall–Kier alpha value is -9.34. The molecule has 0 bridgehead atoms. The third-order valence-electron chi connectivity index (χ3n) is 13.0. The van der Waals surface area contributed by atoms with Crippen LogP contribution in [0.1, 0.15) is 26.8 Å². The van der Waals surface area contributed by atoms with Crippen molar-refractivity contribution in [2.45, 2.75) is 18.4 Å². The molecular formula is C51H40F4N16O2. The van der Waals surface area contributed by atoms with E-state index >= 15 is 0 Å². The van der Waals surface area contributed by atoms with Crippen LogP contribution in [-0.2, 0) is 20.6 Å². The van der Waals surface area contributed by atoms with Crippen LogP contribution in [0.4, 0.5) is 40.7 Å². The van der Waals surface area contributed by atoms with Gasteiger partial charge in [-0.25, -0.2) is 47.5 Å². The predicted molar refractivity (Wildman–Crippen MR) is 262 cm³/mol. The first-order chi connectivity index (χ1) is 35.2. The molecule has 73 heavy (non-hydrogen) atoms. The summed E-state index contributed by atoms with van der Waals surface area (Å²) in [5.41, 5.74) is 8.11. The number of nitrogens with one attached hydrogen (secondary N) is 3. The van der Waals surface area contributed by atoms with Crippen LogP contribution in [0.3, 0.4) is 0 Å². The first-order valence-electron chi connectivity index (χ1n) is 22.9. The average Bonchev–Trinajstić information content (AvgIpc) is 4.23. The van der Waals surface area contributed by atoms with E-state index in [1.165, 1.54) is 0 Å². The number of nitrogens with zero attached hydrogens (tertiary/aromatic N) is 13. The fraction of sp³-hybridized carbons (Fsp3) is 0.176. The molecule has 0 aliphatic carbocycles.